The highest BCUT2D eigenvalue weighted by Crippen LogP contribution is 2.48. The van der Waals surface area contributed by atoms with Crippen molar-refractivity contribution in [2.24, 2.45) is 0 Å². The predicted octanol–water partition coefficient (Wildman–Crippen LogP) is 21.7. The predicted molar refractivity (Wildman–Crippen MR) is 567 cm³/mol. The van der Waals surface area contributed by atoms with Crippen LogP contribution >= 0.6 is 7.68 Å². The van der Waals surface area contributed by atoms with Crippen LogP contribution in [0.2, 0.25) is 0 Å². The molecule has 0 spiro atoms. The van der Waals surface area contributed by atoms with Crippen LogP contribution in [0.15, 0.2) is 146 Å². The van der Waals surface area contributed by atoms with E-state index in [1.165, 1.54) is 37.5 Å². The molecule has 1 atom stereocenters. The van der Waals surface area contributed by atoms with Crippen LogP contribution in [-0.2, 0) is 138 Å². The van der Waals surface area contributed by atoms with Crippen LogP contribution in [-0.4, -0.2) is 248 Å². The summed E-state index contributed by atoms with van der Waals surface area (Å²) in [5.74, 6) is 5.85. The van der Waals surface area contributed by atoms with Crippen molar-refractivity contribution in [2.45, 2.75) is 192 Å². The summed E-state index contributed by atoms with van der Waals surface area (Å²) in [5.41, 5.74) is 11.3. The van der Waals surface area contributed by atoms with Gasteiger partial charge in [0, 0.05) is 30.8 Å². The minimum atomic E-state index is -4.06. The molecule has 1 amide bonds. The number of amides is 1. The van der Waals surface area contributed by atoms with Crippen molar-refractivity contribution >= 4 is 19.5 Å². The first-order valence-electron chi connectivity index (χ1n) is 52.6. The van der Waals surface area contributed by atoms with Gasteiger partial charge in [-0.15, -0.1) is 0 Å². The Bertz CT molecular complexity index is 4890. The summed E-state index contributed by atoms with van der Waals surface area (Å²) < 4.78 is 183. The molecule has 0 saturated carbocycles. The molecule has 0 aliphatic carbocycles. The zero-order valence-electron chi connectivity index (χ0n) is 89.4. The van der Waals surface area contributed by atoms with Gasteiger partial charge in [-0.2, -0.15) is 4.20 Å². The first-order valence-corrected chi connectivity index (χ1v) is 54.3. The third-order valence-corrected chi connectivity index (χ3v) is 23.6. The molecule has 1 unspecified atom stereocenters. The normalized spacial score (nSPS) is 11.8. The van der Waals surface area contributed by atoms with E-state index in [0.29, 0.717) is 238 Å². The smallest absolute Gasteiger partial charge is 0.407 e. The monoisotopic (exact) mass is 2110 g/mol. The van der Waals surface area contributed by atoms with E-state index in [4.69, 9.17) is 123 Å². The van der Waals surface area contributed by atoms with Crippen molar-refractivity contribution in [3.05, 3.63) is 228 Å². The molecule has 0 bridgehead atoms. The van der Waals surface area contributed by atoms with Crippen molar-refractivity contribution in [3.63, 3.8) is 0 Å². The summed E-state index contributed by atoms with van der Waals surface area (Å²) in [4.78, 5) is 25.0. The van der Waals surface area contributed by atoms with Gasteiger partial charge in [0.05, 0.1) is 241 Å². The van der Waals surface area contributed by atoms with Crippen LogP contribution in [0.3, 0.4) is 0 Å². The highest BCUT2D eigenvalue weighted by molar-refractivity contribution is 7.53. The van der Waals surface area contributed by atoms with Gasteiger partial charge in [-0.05, 0) is 201 Å². The SMILES string of the molecule is CCCCCCOc1cc(C)cc(COc2cc(COc3cc(COc4ccc([N+](=O)[O-])c(COC(=O)NCCOCCOCCOCCOCCOCCOCCOCCOCCOCCOCCOCCOCCOCCOCCOCCP(=O)(F)OCC)c4)cc(OCc4cc(OCc5cc(C)cc(OCCCCCC)c5)cc(OCc5cc(C)cc(OCCCCCC)c5)c4)c3)cc(OCc3cc(C)cc(C)c3)c2)c1. The average Bonchev–Trinajstić information content (AvgIpc) is 0.836. The topological polar surface area (TPSA) is 339 Å². The number of benzene rings is 8. The maximum absolute atomic E-state index is 13.5. The molecule has 8 aromatic rings. The molecule has 35 heteroatoms. The molecule has 0 aromatic heterocycles. The van der Waals surface area contributed by atoms with Gasteiger partial charge in [0.1, 0.15) is 110 Å². The fourth-order valence-electron chi connectivity index (χ4n) is 15.1. The molecular formula is C114H164FN2O31P. The van der Waals surface area contributed by atoms with Gasteiger partial charge in [0.2, 0.25) is 0 Å². The number of unbranched alkanes of at least 4 members (excludes halogenated alkanes) is 9. The molecule has 149 heavy (non-hydrogen) atoms. The van der Waals surface area contributed by atoms with E-state index in [2.05, 4.69) is 120 Å². The Morgan fingerprint density at radius 2 is 0.517 bits per heavy atom. The summed E-state index contributed by atoms with van der Waals surface area (Å²) in [7, 11) is -4.06. The number of rotatable bonds is 92. The average molecular weight is 2110 g/mol. The molecule has 1 N–H and O–H groups in total. The van der Waals surface area contributed by atoms with E-state index in [0.717, 1.165) is 136 Å². The molecule has 0 aliphatic rings. The maximum atomic E-state index is 13.5. The lowest BCUT2D eigenvalue weighted by atomic mass is 10.1. The van der Waals surface area contributed by atoms with E-state index in [-0.39, 0.29) is 102 Å². The number of ether oxygens (including phenoxy) is 26. The Morgan fingerprint density at radius 1 is 0.275 bits per heavy atom. The van der Waals surface area contributed by atoms with E-state index >= 15 is 0 Å². The molecule has 8 aromatic carbocycles. The number of nitrogens with one attached hydrogen (secondary N) is 1. The Labute approximate surface area is 881 Å². The molecule has 0 heterocycles. The van der Waals surface area contributed by atoms with E-state index in [9.17, 15) is 23.7 Å². The number of hydrogen-bond acceptors (Lipinski definition) is 31. The van der Waals surface area contributed by atoms with Crippen LogP contribution in [0.25, 0.3) is 0 Å². The second-order valence-corrected chi connectivity index (χ2v) is 37.5. The van der Waals surface area contributed by atoms with Gasteiger partial charge in [-0.1, -0.05) is 126 Å². The number of hydrogen-bond donors (Lipinski definition) is 1. The lowest BCUT2D eigenvalue weighted by Crippen LogP contribution is -2.28. The summed E-state index contributed by atoms with van der Waals surface area (Å²) in [6.07, 6.45) is 12.2. The van der Waals surface area contributed by atoms with Crippen molar-refractivity contribution in [1.29, 1.82) is 0 Å². The summed E-state index contributed by atoms with van der Waals surface area (Å²) >= 11 is 0. The summed E-state index contributed by atoms with van der Waals surface area (Å²) in [5, 5.41) is 15.1. The minimum absolute atomic E-state index is 0.00452. The Kier molecular flexibility index (Phi) is 65.1. The molecule has 0 aliphatic heterocycles. The molecular weight excluding hydrogens is 1940 g/mol. The third-order valence-electron chi connectivity index (χ3n) is 22.2. The molecule has 0 fully saturated rings. The van der Waals surface area contributed by atoms with Crippen LogP contribution in [0.4, 0.5) is 14.7 Å². The first-order chi connectivity index (χ1) is 72.8. The molecule has 8 rings (SSSR count). The second-order valence-electron chi connectivity index (χ2n) is 35.6. The summed E-state index contributed by atoms with van der Waals surface area (Å²) in [6.45, 7) is 32.7. The largest absolute Gasteiger partial charge is 0.494 e. The highest BCUT2D eigenvalue weighted by atomic mass is 31.2. The van der Waals surface area contributed by atoms with E-state index in [1.54, 1.807) is 6.92 Å². The van der Waals surface area contributed by atoms with Gasteiger partial charge in [0.15, 0.2) is 0 Å². The van der Waals surface area contributed by atoms with Gasteiger partial charge in [0.25, 0.3) is 5.69 Å². The number of nitro groups is 1. The number of nitro benzene ring substituents is 1. The quantitative estimate of drug-likeness (QED) is 0.0160. The fourth-order valence-corrected chi connectivity index (χ4v) is 15.9. The third kappa shape index (κ3) is 59.0. The van der Waals surface area contributed by atoms with Crippen LogP contribution < -0.4 is 52.7 Å². The van der Waals surface area contributed by atoms with Gasteiger partial charge < -0.3 is 133 Å². The first kappa shape index (κ1) is 124. The summed E-state index contributed by atoms with van der Waals surface area (Å²) in [6, 6.07) is 46.3. The lowest BCUT2D eigenvalue weighted by Gasteiger charge is -2.17. The van der Waals surface area contributed by atoms with Crippen molar-refractivity contribution in [2.75, 3.05) is 237 Å². The number of aryl methyl sites for hydroxylation is 5. The highest BCUT2D eigenvalue weighted by Gasteiger charge is 2.23. The molecule has 0 radical (unpaired) electrons. The van der Waals surface area contributed by atoms with Crippen molar-refractivity contribution in [1.82, 2.24) is 5.32 Å². The van der Waals surface area contributed by atoms with Crippen molar-refractivity contribution < 1.29 is 146 Å². The Hall–Kier alpha value is -10.1. The molecule has 0 saturated heterocycles. The van der Waals surface area contributed by atoms with E-state index < -0.39 is 25.3 Å². The number of nitrogens with zero attached hydrogens (tertiary/aromatic N) is 1. The Morgan fingerprint density at radius 3 is 0.785 bits per heavy atom. The van der Waals surface area contributed by atoms with Gasteiger partial charge in [-0.25, -0.2) is 4.79 Å². The van der Waals surface area contributed by atoms with Gasteiger partial charge in [-0.3, -0.25) is 14.7 Å². The second kappa shape index (κ2) is 78.2. The maximum Gasteiger partial charge on any atom is 0.407 e. The zero-order valence-corrected chi connectivity index (χ0v) is 90.3. The van der Waals surface area contributed by atoms with Crippen LogP contribution in [0, 0.1) is 44.7 Å². The molecule has 33 nitrogen and oxygen atoms in total. The number of alkyl carbamates (subject to hydrolysis) is 1. The van der Waals surface area contributed by atoms with Crippen LogP contribution in [0.1, 0.15) is 177 Å². The standard InChI is InChI=1S/C114H164FN2O31P/c1-10-14-17-20-26-137-104-66-92(7)63-96(69-104)83-142-108-75-100(74-107(79-108)141-82-95-61-90(5)60-91(6)62-95)87-145-111-72-99(73-112(81-111)146-88-101-76-109(143-84-97-64-93(8)67-105(70-97)138-27-21-18-15-11-2)80-110(77-101)144-85-98-65-94(9)68-106(71-98)139-28-22-19-16-12-3)86-140-103-23-24-113(117(119)120)102(78-103)89-147-114(118)116-25-29-122-30-31-123-32-33-124-34-35-125-36-37-126-38-39-127-40-41-128-42-43-129-44-45-130-46-47-131-48-49-132-50-51-133-52-53-134-54-55-135-56-57-136-58-59-149(115,121)148-13-4/h23-24,60-81H,10-22,25-59,82-89H2,1-9H3,(H,116,118). The van der Waals surface area contributed by atoms with E-state index in [1.807, 2.05) is 72.8 Å². The lowest BCUT2D eigenvalue weighted by molar-refractivity contribution is -0.385. The number of carbonyl (C=O) groups excluding carboxylic acids is 1. The zero-order chi connectivity index (χ0) is 106. The number of carbonyl (C=O) groups is 1. The van der Waals surface area contributed by atoms with Crippen molar-refractivity contribution in [3.8, 4) is 57.5 Å². The molecule has 828 valence electrons. The fraction of sp³-hybridized carbons (Fsp3) is 0.570. The van der Waals surface area contributed by atoms with Gasteiger partial charge >= 0.3 is 13.8 Å². The van der Waals surface area contributed by atoms with Crippen LogP contribution in [0.5, 0.6) is 57.5 Å². The Balaban J connectivity index is 0.746. The number of halogens is 1. The minimum Gasteiger partial charge on any atom is -0.494 e.